The van der Waals surface area contributed by atoms with Crippen LogP contribution in [0.25, 0.3) is 0 Å². The quantitative estimate of drug-likeness (QED) is 0.627. The highest BCUT2D eigenvalue weighted by atomic mass is 16.5. The van der Waals surface area contributed by atoms with Crippen molar-refractivity contribution < 1.29 is 33.4 Å². The lowest BCUT2D eigenvalue weighted by Gasteiger charge is -2.08. The van der Waals surface area contributed by atoms with Gasteiger partial charge in [0.15, 0.2) is 6.61 Å². The summed E-state index contributed by atoms with van der Waals surface area (Å²) in [5, 5.41) is 4.50. The van der Waals surface area contributed by atoms with Crippen LogP contribution in [0.2, 0.25) is 0 Å². The molecule has 0 bridgehead atoms. The predicted octanol–water partition coefficient (Wildman–Crippen LogP) is 1.93. The molecule has 0 aliphatic rings. The van der Waals surface area contributed by atoms with E-state index in [0.29, 0.717) is 22.7 Å². The Balaban J connectivity index is 1.89. The van der Waals surface area contributed by atoms with Gasteiger partial charge < -0.3 is 24.5 Å². The van der Waals surface area contributed by atoms with Crippen LogP contribution in [-0.4, -0.2) is 49.7 Å². The third-order valence-electron chi connectivity index (χ3n) is 3.97. The van der Waals surface area contributed by atoms with E-state index in [0.717, 1.165) is 0 Å². The molecule has 3 amide bonds. The topological polar surface area (TPSA) is 136 Å². The van der Waals surface area contributed by atoms with Crippen molar-refractivity contribution in [2.24, 2.45) is 0 Å². The highest BCUT2D eigenvalue weighted by Crippen LogP contribution is 2.19. The highest BCUT2D eigenvalue weighted by Gasteiger charge is 2.24. The molecule has 0 fully saturated rings. The van der Waals surface area contributed by atoms with Crippen molar-refractivity contribution in [2.45, 2.75) is 13.8 Å². The summed E-state index contributed by atoms with van der Waals surface area (Å²) in [6.07, 6.45) is 0. The largest absolute Gasteiger partial charge is 0.497 e. The van der Waals surface area contributed by atoms with Crippen molar-refractivity contribution >= 4 is 29.6 Å². The van der Waals surface area contributed by atoms with E-state index in [-0.39, 0.29) is 11.3 Å². The Labute approximate surface area is 166 Å². The van der Waals surface area contributed by atoms with E-state index in [2.05, 4.69) is 15.0 Å². The molecular weight excluding hydrogens is 382 g/mol. The van der Waals surface area contributed by atoms with Gasteiger partial charge in [-0.2, -0.15) is 0 Å². The van der Waals surface area contributed by atoms with Gasteiger partial charge in [0.05, 0.1) is 19.8 Å². The Hall–Kier alpha value is -3.82. The maximum atomic E-state index is 12.2. The molecule has 0 atom stereocenters. The molecule has 154 valence electrons. The number of benzene rings is 1. The number of H-pyrrole nitrogens is 1. The number of aromatic amines is 1. The van der Waals surface area contributed by atoms with E-state index >= 15 is 0 Å². The number of esters is 2. The number of anilines is 1. The van der Waals surface area contributed by atoms with Gasteiger partial charge in [-0.25, -0.2) is 14.4 Å². The predicted molar refractivity (Wildman–Crippen MR) is 102 cm³/mol. The van der Waals surface area contributed by atoms with Gasteiger partial charge >= 0.3 is 18.0 Å². The number of hydrogen-bond donors (Lipinski definition) is 3. The lowest BCUT2D eigenvalue weighted by molar-refractivity contribution is -0.123. The van der Waals surface area contributed by atoms with Gasteiger partial charge in [0, 0.05) is 11.4 Å². The first-order chi connectivity index (χ1) is 13.8. The number of urea groups is 1. The second-order valence-corrected chi connectivity index (χ2v) is 5.92. The van der Waals surface area contributed by atoms with Crippen molar-refractivity contribution in [3.63, 3.8) is 0 Å². The second kappa shape index (κ2) is 9.40. The maximum absolute atomic E-state index is 12.2. The van der Waals surface area contributed by atoms with Crippen LogP contribution in [-0.2, 0) is 14.3 Å². The molecule has 3 N–H and O–H groups in total. The zero-order chi connectivity index (χ0) is 21.6. The zero-order valence-electron chi connectivity index (χ0n) is 16.4. The molecule has 0 aliphatic carbocycles. The van der Waals surface area contributed by atoms with Crippen molar-refractivity contribution in [3.05, 3.63) is 46.8 Å². The van der Waals surface area contributed by atoms with Gasteiger partial charge in [-0.05, 0) is 43.7 Å². The molecule has 29 heavy (non-hydrogen) atoms. The number of imide groups is 1. The molecule has 0 unspecified atom stereocenters. The summed E-state index contributed by atoms with van der Waals surface area (Å²) in [4.78, 5) is 50.3. The van der Waals surface area contributed by atoms with Gasteiger partial charge in [0.25, 0.3) is 5.91 Å². The van der Waals surface area contributed by atoms with E-state index in [1.54, 1.807) is 38.1 Å². The third kappa shape index (κ3) is 5.34. The Kier molecular flexibility index (Phi) is 6.96. The van der Waals surface area contributed by atoms with Crippen LogP contribution >= 0.6 is 0 Å². The number of aryl methyl sites for hydroxylation is 1. The van der Waals surface area contributed by atoms with E-state index < -0.39 is 30.5 Å². The summed E-state index contributed by atoms with van der Waals surface area (Å²) in [6.45, 7) is 2.47. The molecule has 0 saturated carbocycles. The maximum Gasteiger partial charge on any atom is 0.355 e. The molecule has 1 aromatic heterocycles. The molecular formula is C19H21N3O7. The number of carbonyl (C=O) groups excluding carboxylic acids is 4. The number of carbonyl (C=O) groups is 4. The minimum absolute atomic E-state index is 0.0263. The third-order valence-corrected chi connectivity index (χ3v) is 3.97. The Morgan fingerprint density at radius 1 is 1.00 bits per heavy atom. The van der Waals surface area contributed by atoms with Gasteiger partial charge in [0.1, 0.15) is 11.4 Å². The SMILES string of the molecule is COC(=O)c1c(C)[nH]c(C(=O)OCC(=O)NC(=O)Nc2ccc(OC)cc2)c1C. The normalized spacial score (nSPS) is 10.1. The minimum Gasteiger partial charge on any atom is -0.497 e. The summed E-state index contributed by atoms with van der Waals surface area (Å²) in [7, 11) is 2.74. The summed E-state index contributed by atoms with van der Waals surface area (Å²) >= 11 is 0. The molecule has 1 aromatic carbocycles. The molecule has 0 aliphatic heterocycles. The van der Waals surface area contributed by atoms with Crippen molar-refractivity contribution in [2.75, 3.05) is 26.1 Å². The first kappa shape index (κ1) is 21.5. The average Bonchev–Trinajstić information content (AvgIpc) is 3.00. The number of aromatic nitrogens is 1. The molecule has 0 spiro atoms. The molecule has 2 aromatic rings. The number of methoxy groups -OCH3 is 2. The number of ether oxygens (including phenoxy) is 3. The van der Waals surface area contributed by atoms with E-state index in [4.69, 9.17) is 9.47 Å². The van der Waals surface area contributed by atoms with Crippen LogP contribution in [0.3, 0.4) is 0 Å². The van der Waals surface area contributed by atoms with Crippen LogP contribution in [0, 0.1) is 13.8 Å². The minimum atomic E-state index is -0.841. The fraction of sp³-hybridized carbons (Fsp3) is 0.263. The molecule has 10 heteroatoms. The fourth-order valence-electron chi connectivity index (χ4n) is 2.57. The smallest absolute Gasteiger partial charge is 0.355 e. The molecule has 0 saturated heterocycles. The van der Waals surface area contributed by atoms with Crippen LogP contribution in [0.15, 0.2) is 24.3 Å². The Morgan fingerprint density at radius 2 is 1.66 bits per heavy atom. The monoisotopic (exact) mass is 403 g/mol. The Morgan fingerprint density at radius 3 is 2.24 bits per heavy atom. The summed E-state index contributed by atoms with van der Waals surface area (Å²) in [5.74, 6) is -1.64. The van der Waals surface area contributed by atoms with Crippen molar-refractivity contribution in [1.29, 1.82) is 0 Å². The lowest BCUT2D eigenvalue weighted by Crippen LogP contribution is -2.37. The fourth-order valence-corrected chi connectivity index (χ4v) is 2.57. The van der Waals surface area contributed by atoms with E-state index in [1.165, 1.54) is 14.2 Å². The van der Waals surface area contributed by atoms with Crippen molar-refractivity contribution in [3.8, 4) is 5.75 Å². The van der Waals surface area contributed by atoms with Crippen LogP contribution in [0.1, 0.15) is 32.1 Å². The average molecular weight is 403 g/mol. The zero-order valence-corrected chi connectivity index (χ0v) is 16.4. The first-order valence-corrected chi connectivity index (χ1v) is 8.46. The number of nitrogens with one attached hydrogen (secondary N) is 3. The number of rotatable bonds is 6. The van der Waals surface area contributed by atoms with Crippen LogP contribution < -0.4 is 15.4 Å². The van der Waals surface area contributed by atoms with Gasteiger partial charge in [-0.3, -0.25) is 10.1 Å². The first-order valence-electron chi connectivity index (χ1n) is 8.46. The molecule has 1 heterocycles. The highest BCUT2D eigenvalue weighted by molar-refractivity contribution is 6.03. The van der Waals surface area contributed by atoms with Gasteiger partial charge in [-0.15, -0.1) is 0 Å². The number of amides is 3. The van der Waals surface area contributed by atoms with Crippen molar-refractivity contribution in [1.82, 2.24) is 10.3 Å². The summed E-state index contributed by atoms with van der Waals surface area (Å²) in [5.41, 5.74) is 1.48. The standard InChI is InChI=1S/C19H21N3O7/c1-10-15(17(24)28-4)11(2)20-16(10)18(25)29-9-14(23)22-19(26)21-12-5-7-13(27-3)8-6-12/h5-8,20H,9H2,1-4H3,(H2,21,22,23,26). The molecule has 2 rings (SSSR count). The number of hydrogen-bond acceptors (Lipinski definition) is 7. The van der Waals surface area contributed by atoms with Gasteiger partial charge in [0.2, 0.25) is 0 Å². The van der Waals surface area contributed by atoms with Crippen LogP contribution in [0.5, 0.6) is 5.75 Å². The molecule has 10 nitrogen and oxygen atoms in total. The molecule has 0 radical (unpaired) electrons. The lowest BCUT2D eigenvalue weighted by atomic mass is 10.1. The summed E-state index contributed by atoms with van der Waals surface area (Å²) < 4.78 is 14.6. The Bertz CT molecular complexity index is 932. The second-order valence-electron chi connectivity index (χ2n) is 5.92. The van der Waals surface area contributed by atoms with Gasteiger partial charge in [-0.1, -0.05) is 0 Å². The van der Waals surface area contributed by atoms with E-state index in [1.807, 2.05) is 5.32 Å². The van der Waals surface area contributed by atoms with E-state index in [9.17, 15) is 19.2 Å². The summed E-state index contributed by atoms with van der Waals surface area (Å²) in [6, 6.07) is 5.69. The van der Waals surface area contributed by atoms with Crippen LogP contribution in [0.4, 0.5) is 10.5 Å².